The molecule has 0 aliphatic heterocycles. The third-order valence-electron chi connectivity index (χ3n) is 16.8. The van der Waals surface area contributed by atoms with Gasteiger partial charge in [0.2, 0.25) is 5.91 Å². The van der Waals surface area contributed by atoms with Crippen LogP contribution < -0.4 is 5.32 Å². The number of aliphatic hydroxyl groups is 2. The molecule has 0 aromatic heterocycles. The lowest BCUT2D eigenvalue weighted by molar-refractivity contribution is -0.143. The number of ether oxygens (including phenoxy) is 1. The Kier molecular flexibility index (Phi) is 68.9. The number of hydrogen-bond acceptors (Lipinski definition) is 5. The fraction of sp³-hybridized carbons (Fsp3) is 0.842. The zero-order valence-electron chi connectivity index (χ0n) is 55.0. The summed E-state index contributed by atoms with van der Waals surface area (Å²) in [6, 6.07) is -0.627. The molecule has 0 aliphatic rings. The Bertz CT molecular complexity index is 1420. The average molecular weight is 1150 g/mol. The first kappa shape index (κ1) is 79.6. The van der Waals surface area contributed by atoms with Gasteiger partial charge in [0.25, 0.3) is 0 Å². The van der Waals surface area contributed by atoms with Crippen molar-refractivity contribution in [3.63, 3.8) is 0 Å². The highest BCUT2D eigenvalue weighted by molar-refractivity contribution is 5.76. The highest BCUT2D eigenvalue weighted by Gasteiger charge is 2.18. The quantitative estimate of drug-likeness (QED) is 0.0320. The Morgan fingerprint density at radius 3 is 0.939 bits per heavy atom. The van der Waals surface area contributed by atoms with Crippen LogP contribution in [-0.2, 0) is 14.3 Å². The van der Waals surface area contributed by atoms with Crippen LogP contribution in [0.4, 0.5) is 0 Å². The van der Waals surface area contributed by atoms with E-state index in [4.69, 9.17) is 4.74 Å². The van der Waals surface area contributed by atoms with E-state index in [0.29, 0.717) is 19.4 Å². The first-order valence-electron chi connectivity index (χ1n) is 36.6. The van der Waals surface area contributed by atoms with E-state index in [1.165, 1.54) is 302 Å². The highest BCUT2D eigenvalue weighted by atomic mass is 16.5. The lowest BCUT2D eigenvalue weighted by atomic mass is 10.0. The number of unbranched alkanes of at least 4 members (excludes halogenated alkanes) is 49. The summed E-state index contributed by atoms with van der Waals surface area (Å²) in [6.45, 7) is 4.90. The monoisotopic (exact) mass is 1150 g/mol. The molecule has 0 aliphatic carbocycles. The van der Waals surface area contributed by atoms with Gasteiger partial charge in [-0.15, -0.1) is 0 Å². The SMILES string of the molecule is CCCCCC/C=C\C/C=C\CCCCCCCC(=O)OCCCCCCCCCCC/C=C\C/C=C\CCCCCCCCCCCCCCCCCCCC(=O)NC(CO)C(O)/C=C/CCCCCCCCCCCCCCCC. The van der Waals surface area contributed by atoms with Crippen LogP contribution in [0.15, 0.2) is 60.8 Å². The van der Waals surface area contributed by atoms with Gasteiger partial charge in [-0.25, -0.2) is 0 Å². The average Bonchev–Trinajstić information content (AvgIpc) is 3.48. The van der Waals surface area contributed by atoms with Crippen LogP contribution in [0.25, 0.3) is 0 Å². The minimum atomic E-state index is -0.844. The Balaban J connectivity index is 3.40. The Labute approximate surface area is 511 Å². The molecule has 0 saturated heterocycles. The number of amides is 1. The lowest BCUT2D eigenvalue weighted by Crippen LogP contribution is -2.45. The molecule has 0 saturated carbocycles. The zero-order valence-corrected chi connectivity index (χ0v) is 55.0. The van der Waals surface area contributed by atoms with Gasteiger partial charge in [-0.05, 0) is 96.3 Å². The number of rotatable bonds is 68. The summed E-state index contributed by atoms with van der Waals surface area (Å²) in [6.07, 6.45) is 94.5. The summed E-state index contributed by atoms with van der Waals surface area (Å²) in [5, 5.41) is 23.2. The van der Waals surface area contributed by atoms with Crippen molar-refractivity contribution in [1.29, 1.82) is 0 Å². The smallest absolute Gasteiger partial charge is 0.305 e. The molecule has 1 amide bonds. The molecule has 0 radical (unpaired) electrons. The molecular weight excluding hydrogens is 1010 g/mol. The van der Waals surface area contributed by atoms with E-state index < -0.39 is 12.1 Å². The predicted octanol–water partition coefficient (Wildman–Crippen LogP) is 23.8. The second-order valence-electron chi connectivity index (χ2n) is 24.9. The van der Waals surface area contributed by atoms with Crippen LogP contribution in [0.5, 0.6) is 0 Å². The normalized spacial score (nSPS) is 12.9. The maximum atomic E-state index is 12.5. The van der Waals surface area contributed by atoms with E-state index >= 15 is 0 Å². The maximum Gasteiger partial charge on any atom is 0.305 e. The lowest BCUT2D eigenvalue weighted by Gasteiger charge is -2.20. The fourth-order valence-corrected chi connectivity index (χ4v) is 11.2. The third-order valence-corrected chi connectivity index (χ3v) is 16.8. The number of nitrogens with one attached hydrogen (secondary N) is 1. The zero-order chi connectivity index (χ0) is 59.2. The van der Waals surface area contributed by atoms with Crippen LogP contribution in [0.3, 0.4) is 0 Å². The summed E-state index contributed by atoms with van der Waals surface area (Å²) < 4.78 is 5.49. The molecule has 2 atom stereocenters. The first-order chi connectivity index (χ1) is 40.5. The van der Waals surface area contributed by atoms with Crippen molar-refractivity contribution in [2.75, 3.05) is 13.2 Å². The minimum Gasteiger partial charge on any atom is -0.466 e. The van der Waals surface area contributed by atoms with Crippen molar-refractivity contribution in [2.24, 2.45) is 0 Å². The van der Waals surface area contributed by atoms with E-state index in [1.54, 1.807) is 6.08 Å². The molecule has 0 bridgehead atoms. The molecule has 82 heavy (non-hydrogen) atoms. The van der Waals surface area contributed by atoms with Gasteiger partial charge in [0.1, 0.15) is 0 Å². The largest absolute Gasteiger partial charge is 0.466 e. The second-order valence-corrected chi connectivity index (χ2v) is 24.9. The van der Waals surface area contributed by atoms with Crippen molar-refractivity contribution < 1.29 is 24.5 Å². The highest BCUT2D eigenvalue weighted by Crippen LogP contribution is 2.18. The van der Waals surface area contributed by atoms with Crippen LogP contribution in [0.2, 0.25) is 0 Å². The number of allylic oxidation sites excluding steroid dienone is 9. The van der Waals surface area contributed by atoms with Crippen molar-refractivity contribution in [3.05, 3.63) is 60.8 Å². The van der Waals surface area contributed by atoms with E-state index in [9.17, 15) is 19.8 Å². The van der Waals surface area contributed by atoms with Gasteiger partial charge in [0, 0.05) is 12.8 Å². The van der Waals surface area contributed by atoms with Gasteiger partial charge in [0.05, 0.1) is 25.4 Å². The van der Waals surface area contributed by atoms with Gasteiger partial charge in [-0.1, -0.05) is 338 Å². The van der Waals surface area contributed by atoms with Gasteiger partial charge in [-0.3, -0.25) is 9.59 Å². The van der Waals surface area contributed by atoms with E-state index in [0.717, 1.165) is 57.8 Å². The van der Waals surface area contributed by atoms with Crippen molar-refractivity contribution >= 4 is 11.9 Å². The first-order valence-corrected chi connectivity index (χ1v) is 36.6. The number of hydrogen-bond donors (Lipinski definition) is 3. The van der Waals surface area contributed by atoms with Crippen LogP contribution in [-0.4, -0.2) is 47.4 Å². The third kappa shape index (κ3) is 66.7. The molecular formula is C76H141NO5. The topological polar surface area (TPSA) is 95.9 Å². The Morgan fingerprint density at radius 2 is 0.610 bits per heavy atom. The molecule has 0 spiro atoms. The summed E-state index contributed by atoms with van der Waals surface area (Å²) in [5.74, 6) is -0.0639. The Hall–Kier alpha value is -2.44. The number of carbonyl (C=O) groups excluding carboxylic acids is 2. The van der Waals surface area contributed by atoms with Crippen LogP contribution in [0.1, 0.15) is 386 Å². The molecule has 6 heteroatoms. The van der Waals surface area contributed by atoms with Crippen molar-refractivity contribution in [1.82, 2.24) is 5.32 Å². The number of carbonyl (C=O) groups is 2. The molecule has 0 aromatic carbocycles. The molecule has 2 unspecified atom stereocenters. The fourth-order valence-electron chi connectivity index (χ4n) is 11.2. The standard InChI is InChI=1S/C76H141NO5/c1-3-5-7-9-11-13-15-17-19-40-44-48-52-56-60-64-68-74(79)73(72-78)77-75(80)69-65-61-57-53-49-45-41-38-36-34-32-30-28-26-24-22-21-23-25-27-29-31-33-35-37-39-43-47-51-55-59-63-67-71-82-76(81)70-66-62-58-54-50-46-42-20-18-16-14-12-10-8-6-4-2/h14,16,20,25,27,31,33,42,64,68,73-74,78-79H,3-13,15,17-19,21-24,26,28-30,32,34-41,43-63,65-67,69-72H2,1-2H3,(H,77,80)/b16-14-,27-25-,33-31-,42-20-,68-64+. The number of esters is 1. The van der Waals surface area contributed by atoms with Crippen molar-refractivity contribution in [3.8, 4) is 0 Å². The molecule has 0 fully saturated rings. The summed E-state index contributed by atoms with van der Waals surface area (Å²) in [5.41, 5.74) is 0. The molecule has 3 N–H and O–H groups in total. The summed E-state index contributed by atoms with van der Waals surface area (Å²) >= 11 is 0. The van der Waals surface area contributed by atoms with E-state index in [2.05, 4.69) is 67.8 Å². The second kappa shape index (κ2) is 71.0. The molecule has 6 nitrogen and oxygen atoms in total. The van der Waals surface area contributed by atoms with Crippen molar-refractivity contribution in [2.45, 2.75) is 398 Å². The predicted molar refractivity (Wildman–Crippen MR) is 361 cm³/mol. The van der Waals surface area contributed by atoms with E-state index in [-0.39, 0.29) is 18.5 Å². The maximum absolute atomic E-state index is 12.5. The molecule has 480 valence electrons. The van der Waals surface area contributed by atoms with Crippen LogP contribution in [0, 0.1) is 0 Å². The Morgan fingerprint density at radius 1 is 0.341 bits per heavy atom. The van der Waals surface area contributed by atoms with Gasteiger partial charge in [0.15, 0.2) is 0 Å². The summed E-state index contributed by atoms with van der Waals surface area (Å²) in [7, 11) is 0. The van der Waals surface area contributed by atoms with Gasteiger partial charge in [-0.2, -0.15) is 0 Å². The van der Waals surface area contributed by atoms with Crippen LogP contribution >= 0.6 is 0 Å². The van der Waals surface area contributed by atoms with E-state index in [1.807, 2.05) is 6.08 Å². The summed E-state index contributed by atoms with van der Waals surface area (Å²) in [4.78, 5) is 24.6. The van der Waals surface area contributed by atoms with Gasteiger partial charge >= 0.3 is 5.97 Å². The minimum absolute atomic E-state index is 0.000342. The molecule has 0 heterocycles. The molecule has 0 rings (SSSR count). The molecule has 0 aromatic rings. The number of aliphatic hydroxyl groups excluding tert-OH is 2. The van der Waals surface area contributed by atoms with Gasteiger partial charge < -0.3 is 20.3 Å².